The van der Waals surface area contributed by atoms with Crippen molar-refractivity contribution in [2.75, 3.05) is 6.54 Å². The van der Waals surface area contributed by atoms with Gasteiger partial charge in [0, 0.05) is 23.9 Å². The Kier molecular flexibility index (Phi) is 4.01. The highest BCUT2D eigenvalue weighted by Gasteiger charge is 2.48. The molecule has 2 aliphatic rings. The number of nitrogens with zero attached hydrogens (tertiary/aromatic N) is 1. The number of aromatic nitrogens is 2. The van der Waals surface area contributed by atoms with E-state index in [1.165, 1.54) is 0 Å². The minimum atomic E-state index is -0.665. The molecule has 1 fully saturated rings. The fourth-order valence-corrected chi connectivity index (χ4v) is 3.60. The first-order valence-electron chi connectivity index (χ1n) is 8.47. The third kappa shape index (κ3) is 2.78. The number of aromatic amines is 1. The van der Waals surface area contributed by atoms with Crippen LogP contribution in [0.15, 0.2) is 0 Å². The fourth-order valence-electron chi connectivity index (χ4n) is 3.60. The molecular formula is C17H27N3O3. The van der Waals surface area contributed by atoms with Crippen LogP contribution in [-0.2, 0) is 11.2 Å². The van der Waals surface area contributed by atoms with E-state index in [2.05, 4.69) is 15.5 Å². The average molecular weight is 321 g/mol. The van der Waals surface area contributed by atoms with E-state index in [1.54, 1.807) is 0 Å². The summed E-state index contributed by atoms with van der Waals surface area (Å²) < 4.78 is 5.75. The molecule has 128 valence electrons. The number of ether oxygens (including phenoxy) is 1. The summed E-state index contributed by atoms with van der Waals surface area (Å²) in [6, 6.07) is 0. The molecule has 0 saturated heterocycles. The summed E-state index contributed by atoms with van der Waals surface area (Å²) in [5.74, 6) is -0.181. The molecule has 1 aliphatic heterocycles. The Balaban J connectivity index is 1.70. The van der Waals surface area contributed by atoms with Gasteiger partial charge in [0.1, 0.15) is 0 Å². The van der Waals surface area contributed by atoms with E-state index in [4.69, 9.17) is 4.74 Å². The van der Waals surface area contributed by atoms with Crippen molar-refractivity contribution in [3.8, 4) is 0 Å². The van der Waals surface area contributed by atoms with Crippen LogP contribution in [-0.4, -0.2) is 39.5 Å². The number of carbonyl (C=O) groups is 1. The molecule has 3 N–H and O–H groups in total. The van der Waals surface area contributed by atoms with E-state index < -0.39 is 5.60 Å². The number of nitrogens with one attached hydrogen (secondary N) is 2. The number of hydrogen-bond donors (Lipinski definition) is 3. The molecule has 1 aromatic heterocycles. The predicted octanol–water partition coefficient (Wildman–Crippen LogP) is 2.10. The number of amides is 1. The molecule has 1 saturated carbocycles. The van der Waals surface area contributed by atoms with Gasteiger partial charge in [-0.25, -0.2) is 0 Å². The molecule has 0 bridgehead atoms. The van der Waals surface area contributed by atoms with Crippen molar-refractivity contribution in [2.45, 2.75) is 71.2 Å². The van der Waals surface area contributed by atoms with Crippen LogP contribution in [0.2, 0.25) is 0 Å². The van der Waals surface area contributed by atoms with E-state index in [0.29, 0.717) is 18.7 Å². The quantitative estimate of drug-likeness (QED) is 0.792. The highest BCUT2D eigenvalue weighted by Crippen LogP contribution is 2.45. The second-order valence-corrected chi connectivity index (χ2v) is 7.71. The molecule has 23 heavy (non-hydrogen) atoms. The van der Waals surface area contributed by atoms with Crippen LogP contribution in [0.3, 0.4) is 0 Å². The van der Waals surface area contributed by atoms with E-state index in [9.17, 15) is 9.90 Å². The van der Waals surface area contributed by atoms with Crippen molar-refractivity contribution in [3.63, 3.8) is 0 Å². The second-order valence-electron chi connectivity index (χ2n) is 7.71. The number of fused-ring (bicyclic) bond motifs is 1. The molecule has 0 unspecified atom stereocenters. The standard InChI is InChI=1S/C17H27N3O3/c1-10-8-12-13(11(2)23-10)19-20-14(12)15(21)18-9-16(3,4)17(22)6-5-7-17/h10-11,22H,5-9H2,1-4H3,(H,18,21)(H,19,20)/t10-,11+/m1/s1. The summed E-state index contributed by atoms with van der Waals surface area (Å²) in [7, 11) is 0. The van der Waals surface area contributed by atoms with Crippen LogP contribution >= 0.6 is 0 Å². The minimum absolute atomic E-state index is 0.0741. The number of H-pyrrole nitrogens is 1. The van der Waals surface area contributed by atoms with Crippen LogP contribution < -0.4 is 5.32 Å². The van der Waals surface area contributed by atoms with Crippen LogP contribution in [0.25, 0.3) is 0 Å². The Bertz CT molecular complexity index is 604. The van der Waals surface area contributed by atoms with Crippen molar-refractivity contribution >= 4 is 5.91 Å². The van der Waals surface area contributed by atoms with Crippen LogP contribution in [0.5, 0.6) is 0 Å². The predicted molar refractivity (Wildman–Crippen MR) is 86.2 cm³/mol. The van der Waals surface area contributed by atoms with Gasteiger partial charge in [-0.05, 0) is 33.1 Å². The molecule has 0 aromatic carbocycles. The Labute approximate surface area is 137 Å². The lowest BCUT2D eigenvalue weighted by molar-refractivity contribution is -0.122. The molecule has 0 radical (unpaired) electrons. The molecule has 2 atom stereocenters. The van der Waals surface area contributed by atoms with Gasteiger partial charge < -0.3 is 15.2 Å². The first-order valence-corrected chi connectivity index (χ1v) is 8.47. The zero-order chi connectivity index (χ0) is 16.8. The monoisotopic (exact) mass is 321 g/mol. The normalized spacial score (nSPS) is 26.3. The van der Waals surface area contributed by atoms with Crippen molar-refractivity contribution in [1.29, 1.82) is 0 Å². The van der Waals surface area contributed by atoms with Gasteiger partial charge in [0.25, 0.3) is 5.91 Å². The van der Waals surface area contributed by atoms with Gasteiger partial charge in [0.2, 0.25) is 0 Å². The fraction of sp³-hybridized carbons (Fsp3) is 0.765. The van der Waals surface area contributed by atoms with Gasteiger partial charge in [-0.1, -0.05) is 13.8 Å². The van der Waals surface area contributed by atoms with E-state index in [0.717, 1.165) is 30.5 Å². The first kappa shape index (κ1) is 16.5. The molecule has 2 heterocycles. The molecular weight excluding hydrogens is 294 g/mol. The molecule has 1 aromatic rings. The van der Waals surface area contributed by atoms with Gasteiger partial charge in [-0.3, -0.25) is 9.89 Å². The molecule has 1 aliphatic carbocycles. The summed E-state index contributed by atoms with van der Waals surface area (Å²) >= 11 is 0. The van der Waals surface area contributed by atoms with Crippen molar-refractivity contribution in [3.05, 3.63) is 17.0 Å². The van der Waals surface area contributed by atoms with E-state index in [1.807, 2.05) is 27.7 Å². The van der Waals surface area contributed by atoms with E-state index >= 15 is 0 Å². The topological polar surface area (TPSA) is 87.2 Å². The highest BCUT2D eigenvalue weighted by atomic mass is 16.5. The van der Waals surface area contributed by atoms with Crippen LogP contribution in [0, 0.1) is 5.41 Å². The molecule has 3 rings (SSSR count). The Morgan fingerprint density at radius 3 is 2.78 bits per heavy atom. The molecule has 1 amide bonds. The van der Waals surface area contributed by atoms with Gasteiger partial charge in [-0.15, -0.1) is 0 Å². The Hall–Kier alpha value is -1.40. The lowest BCUT2D eigenvalue weighted by Crippen LogP contribution is -2.55. The third-order valence-corrected chi connectivity index (χ3v) is 5.58. The van der Waals surface area contributed by atoms with Gasteiger partial charge in [-0.2, -0.15) is 5.10 Å². The summed E-state index contributed by atoms with van der Waals surface area (Å²) in [4.78, 5) is 12.6. The van der Waals surface area contributed by atoms with Crippen molar-refractivity contribution < 1.29 is 14.6 Å². The highest BCUT2D eigenvalue weighted by molar-refractivity contribution is 5.94. The smallest absolute Gasteiger partial charge is 0.272 e. The number of rotatable bonds is 4. The molecule has 6 nitrogen and oxygen atoms in total. The SMILES string of the molecule is C[C@@H]1Cc2c(C(=O)NCC(C)(C)C3(O)CCC3)n[nH]c2[C@H](C)O1. The molecule has 0 spiro atoms. The summed E-state index contributed by atoms with van der Waals surface area (Å²) in [6.07, 6.45) is 3.35. The molecule has 6 heteroatoms. The van der Waals surface area contributed by atoms with Crippen molar-refractivity contribution in [2.24, 2.45) is 5.41 Å². The average Bonchev–Trinajstić information content (AvgIpc) is 2.86. The van der Waals surface area contributed by atoms with Crippen LogP contribution in [0.1, 0.15) is 74.8 Å². The van der Waals surface area contributed by atoms with Crippen LogP contribution in [0.4, 0.5) is 0 Å². The Morgan fingerprint density at radius 2 is 2.17 bits per heavy atom. The first-order chi connectivity index (χ1) is 10.7. The maximum atomic E-state index is 12.6. The largest absolute Gasteiger partial charge is 0.389 e. The zero-order valence-corrected chi connectivity index (χ0v) is 14.4. The Morgan fingerprint density at radius 1 is 1.48 bits per heavy atom. The number of aliphatic hydroxyl groups is 1. The minimum Gasteiger partial charge on any atom is -0.389 e. The second kappa shape index (κ2) is 5.60. The maximum absolute atomic E-state index is 12.6. The number of hydrogen-bond acceptors (Lipinski definition) is 4. The third-order valence-electron chi connectivity index (χ3n) is 5.58. The maximum Gasteiger partial charge on any atom is 0.272 e. The summed E-state index contributed by atoms with van der Waals surface area (Å²) in [5.41, 5.74) is 1.29. The lowest BCUT2D eigenvalue weighted by atomic mass is 9.63. The van der Waals surface area contributed by atoms with E-state index in [-0.39, 0.29) is 23.5 Å². The lowest BCUT2D eigenvalue weighted by Gasteiger charge is -2.49. The summed E-state index contributed by atoms with van der Waals surface area (Å²) in [5, 5.41) is 20.7. The van der Waals surface area contributed by atoms with Gasteiger partial charge in [0.15, 0.2) is 5.69 Å². The van der Waals surface area contributed by atoms with Gasteiger partial charge >= 0.3 is 0 Å². The van der Waals surface area contributed by atoms with Crippen molar-refractivity contribution in [1.82, 2.24) is 15.5 Å². The number of carbonyl (C=O) groups excluding carboxylic acids is 1. The summed E-state index contributed by atoms with van der Waals surface area (Å²) in [6.45, 7) is 8.41. The zero-order valence-electron chi connectivity index (χ0n) is 14.4. The van der Waals surface area contributed by atoms with Gasteiger partial charge in [0.05, 0.1) is 23.5 Å².